The lowest BCUT2D eigenvalue weighted by atomic mass is 10.2. The average molecular weight is 340 g/mol. The smallest absolute Gasteiger partial charge is 0.324 e. The number of carboxylic acid groups (broad SMARTS) is 1. The molecule has 0 saturated heterocycles. The molecule has 7 heteroatoms. The highest BCUT2D eigenvalue weighted by Gasteiger charge is 2.27. The average Bonchev–Trinajstić information content (AvgIpc) is 2.48. The number of nitrogens with zero attached hydrogens (tertiary/aromatic N) is 1. The number of anilines is 1. The van der Waals surface area contributed by atoms with Crippen LogP contribution in [0, 0.1) is 6.92 Å². The third kappa shape index (κ3) is 3.40. The molecule has 0 aliphatic rings. The van der Waals surface area contributed by atoms with E-state index in [0.29, 0.717) is 5.02 Å². The van der Waals surface area contributed by atoms with E-state index < -0.39 is 22.5 Å². The first-order valence-electron chi connectivity index (χ1n) is 6.38. The lowest BCUT2D eigenvalue weighted by Crippen LogP contribution is -2.35. The summed E-state index contributed by atoms with van der Waals surface area (Å²) in [5.41, 5.74) is 0.986. The van der Waals surface area contributed by atoms with Crippen molar-refractivity contribution in [3.63, 3.8) is 0 Å². The highest BCUT2D eigenvalue weighted by atomic mass is 35.5. The number of halogens is 1. The summed E-state index contributed by atoms with van der Waals surface area (Å²) in [7, 11) is -3.98. The maximum absolute atomic E-state index is 12.7. The Bertz CT molecular complexity index is 790. The molecule has 0 fully saturated rings. The van der Waals surface area contributed by atoms with Gasteiger partial charge in [-0.05, 0) is 36.8 Å². The molecule has 1 N–H and O–H groups in total. The van der Waals surface area contributed by atoms with Gasteiger partial charge in [-0.2, -0.15) is 0 Å². The summed E-state index contributed by atoms with van der Waals surface area (Å²) in [5.74, 6) is -1.25. The van der Waals surface area contributed by atoms with Gasteiger partial charge in [-0.1, -0.05) is 35.9 Å². The number of rotatable bonds is 5. The van der Waals surface area contributed by atoms with Crippen LogP contribution in [0.5, 0.6) is 0 Å². The zero-order valence-corrected chi connectivity index (χ0v) is 13.3. The van der Waals surface area contributed by atoms with Gasteiger partial charge in [-0.3, -0.25) is 9.10 Å². The Morgan fingerprint density at radius 1 is 1.18 bits per heavy atom. The van der Waals surface area contributed by atoms with Crippen LogP contribution in [0.1, 0.15) is 5.56 Å². The fraction of sp³-hybridized carbons (Fsp3) is 0.133. The molecule has 0 aromatic heterocycles. The van der Waals surface area contributed by atoms with E-state index in [9.17, 15) is 13.2 Å². The zero-order chi connectivity index (χ0) is 16.3. The Labute approximate surface area is 133 Å². The minimum atomic E-state index is -3.98. The SMILES string of the molecule is Cc1ccc(N(CC(=O)O)S(=O)(=O)c2ccccc2)cc1Cl. The number of carbonyl (C=O) groups is 1. The lowest BCUT2D eigenvalue weighted by Gasteiger charge is -2.23. The lowest BCUT2D eigenvalue weighted by molar-refractivity contribution is -0.135. The van der Waals surface area contributed by atoms with Crippen molar-refractivity contribution < 1.29 is 18.3 Å². The van der Waals surface area contributed by atoms with Crippen LogP contribution in [0.15, 0.2) is 53.4 Å². The number of carboxylic acids is 1. The topological polar surface area (TPSA) is 74.7 Å². The van der Waals surface area contributed by atoms with Crippen LogP contribution >= 0.6 is 11.6 Å². The van der Waals surface area contributed by atoms with Crippen molar-refractivity contribution in [3.05, 3.63) is 59.1 Å². The molecule has 0 spiro atoms. The second-order valence-corrected chi connectivity index (χ2v) is 6.92. The van der Waals surface area contributed by atoms with Crippen molar-refractivity contribution in [2.75, 3.05) is 10.8 Å². The van der Waals surface area contributed by atoms with Crippen molar-refractivity contribution in [2.24, 2.45) is 0 Å². The second kappa shape index (κ2) is 6.37. The highest BCUT2D eigenvalue weighted by Crippen LogP contribution is 2.27. The molecule has 0 amide bonds. The molecule has 0 atom stereocenters. The number of aryl methyl sites for hydroxylation is 1. The normalized spacial score (nSPS) is 11.2. The van der Waals surface area contributed by atoms with Crippen LogP contribution in [0.25, 0.3) is 0 Å². The van der Waals surface area contributed by atoms with Gasteiger partial charge >= 0.3 is 5.97 Å². The first kappa shape index (κ1) is 16.3. The highest BCUT2D eigenvalue weighted by molar-refractivity contribution is 7.92. The van der Waals surface area contributed by atoms with E-state index in [4.69, 9.17) is 16.7 Å². The Balaban J connectivity index is 2.55. The molecule has 116 valence electrons. The largest absolute Gasteiger partial charge is 0.480 e. The van der Waals surface area contributed by atoms with Gasteiger partial charge in [0.1, 0.15) is 6.54 Å². The fourth-order valence-corrected chi connectivity index (χ4v) is 3.50. The van der Waals surface area contributed by atoms with E-state index in [1.54, 1.807) is 31.2 Å². The molecule has 0 unspecified atom stereocenters. The number of sulfonamides is 1. The summed E-state index contributed by atoms with van der Waals surface area (Å²) in [4.78, 5) is 11.1. The molecule has 0 saturated carbocycles. The summed E-state index contributed by atoms with van der Waals surface area (Å²) in [5, 5.41) is 9.41. The van der Waals surface area contributed by atoms with Gasteiger partial charge in [0.15, 0.2) is 0 Å². The van der Waals surface area contributed by atoms with Gasteiger partial charge in [0, 0.05) is 5.02 Å². The van der Waals surface area contributed by atoms with E-state index >= 15 is 0 Å². The van der Waals surface area contributed by atoms with Gasteiger partial charge in [-0.25, -0.2) is 8.42 Å². The first-order chi connectivity index (χ1) is 10.3. The summed E-state index contributed by atoms with van der Waals surface area (Å²) in [6.45, 7) is 1.09. The molecular formula is C15H14ClNO4S. The Hall–Kier alpha value is -2.05. The molecule has 0 radical (unpaired) electrons. The number of hydrogen-bond donors (Lipinski definition) is 1. The quantitative estimate of drug-likeness (QED) is 0.908. The second-order valence-electron chi connectivity index (χ2n) is 4.65. The van der Waals surface area contributed by atoms with Gasteiger partial charge < -0.3 is 5.11 Å². The number of benzene rings is 2. The Kier molecular flexibility index (Phi) is 4.73. The van der Waals surface area contributed by atoms with Gasteiger partial charge in [0.25, 0.3) is 10.0 Å². The van der Waals surface area contributed by atoms with Crippen LogP contribution in [0.4, 0.5) is 5.69 Å². The molecule has 2 aromatic rings. The molecule has 2 aromatic carbocycles. The van der Waals surface area contributed by atoms with E-state index in [1.165, 1.54) is 24.3 Å². The maximum Gasteiger partial charge on any atom is 0.324 e. The monoisotopic (exact) mass is 339 g/mol. The van der Waals surface area contributed by atoms with Crippen molar-refractivity contribution in [3.8, 4) is 0 Å². The van der Waals surface area contributed by atoms with Crippen LogP contribution in [-0.4, -0.2) is 26.0 Å². The summed E-state index contributed by atoms with van der Waals surface area (Å²) < 4.78 is 26.2. The van der Waals surface area contributed by atoms with Crippen molar-refractivity contribution >= 4 is 33.3 Å². The van der Waals surface area contributed by atoms with E-state index in [2.05, 4.69) is 0 Å². The van der Waals surface area contributed by atoms with Crippen LogP contribution in [-0.2, 0) is 14.8 Å². The molecule has 0 bridgehead atoms. The first-order valence-corrected chi connectivity index (χ1v) is 8.20. The van der Waals surface area contributed by atoms with E-state index in [1.807, 2.05) is 0 Å². The van der Waals surface area contributed by atoms with Crippen molar-refractivity contribution in [1.82, 2.24) is 0 Å². The summed E-state index contributed by atoms with van der Waals surface area (Å²) >= 11 is 6.02. The zero-order valence-electron chi connectivity index (χ0n) is 11.7. The standard InChI is InChI=1S/C15H14ClNO4S/c1-11-7-8-12(9-14(11)16)17(10-15(18)19)22(20,21)13-5-3-2-4-6-13/h2-9H,10H2,1H3,(H,18,19). The summed E-state index contributed by atoms with van der Waals surface area (Å²) in [6.07, 6.45) is 0. The minimum absolute atomic E-state index is 0.0212. The van der Waals surface area contributed by atoms with Crippen LogP contribution in [0.3, 0.4) is 0 Å². The fourth-order valence-electron chi connectivity index (χ4n) is 1.89. The van der Waals surface area contributed by atoms with Crippen molar-refractivity contribution in [2.45, 2.75) is 11.8 Å². The molecule has 5 nitrogen and oxygen atoms in total. The minimum Gasteiger partial charge on any atom is -0.480 e. The number of hydrogen-bond acceptors (Lipinski definition) is 3. The molecule has 2 rings (SSSR count). The van der Waals surface area contributed by atoms with Crippen LogP contribution < -0.4 is 4.31 Å². The van der Waals surface area contributed by atoms with Crippen LogP contribution in [0.2, 0.25) is 5.02 Å². The predicted molar refractivity (Wildman–Crippen MR) is 84.8 cm³/mol. The third-order valence-electron chi connectivity index (χ3n) is 3.05. The Morgan fingerprint density at radius 3 is 2.36 bits per heavy atom. The van der Waals surface area contributed by atoms with Gasteiger partial charge in [-0.15, -0.1) is 0 Å². The molecule has 0 heterocycles. The van der Waals surface area contributed by atoms with Gasteiger partial charge in [0.05, 0.1) is 10.6 Å². The van der Waals surface area contributed by atoms with E-state index in [0.717, 1.165) is 9.87 Å². The molecule has 0 aliphatic heterocycles. The third-order valence-corrected chi connectivity index (χ3v) is 5.25. The van der Waals surface area contributed by atoms with Gasteiger partial charge in [0.2, 0.25) is 0 Å². The van der Waals surface area contributed by atoms with Crippen molar-refractivity contribution in [1.29, 1.82) is 0 Å². The summed E-state index contributed by atoms with van der Waals surface area (Å²) in [6, 6.07) is 12.3. The van der Waals surface area contributed by atoms with E-state index in [-0.39, 0.29) is 10.6 Å². The predicted octanol–water partition coefficient (Wildman–Crippen LogP) is 2.93. The molecule has 0 aliphatic carbocycles. The number of aliphatic carboxylic acids is 1. The molecular weight excluding hydrogens is 326 g/mol. The molecule has 22 heavy (non-hydrogen) atoms. The maximum atomic E-state index is 12.7. The Morgan fingerprint density at radius 2 is 1.82 bits per heavy atom.